The third-order valence-corrected chi connectivity index (χ3v) is 5.08. The van der Waals surface area contributed by atoms with Crippen molar-refractivity contribution in [3.8, 4) is 34.1 Å². The van der Waals surface area contributed by atoms with Crippen LogP contribution in [0.25, 0.3) is 11.1 Å². The maximum atomic E-state index is 14.6. The summed E-state index contributed by atoms with van der Waals surface area (Å²) in [7, 11) is 0. The molecule has 4 rings (SSSR count). The fourth-order valence-corrected chi connectivity index (χ4v) is 3.10. The summed E-state index contributed by atoms with van der Waals surface area (Å²) in [6.45, 7) is 6.00. The summed E-state index contributed by atoms with van der Waals surface area (Å²) >= 11 is 0. The van der Waals surface area contributed by atoms with E-state index in [1.807, 2.05) is 0 Å². The lowest BCUT2D eigenvalue weighted by atomic mass is 10.0. The van der Waals surface area contributed by atoms with Gasteiger partial charge in [-0.3, -0.25) is 0 Å². The van der Waals surface area contributed by atoms with E-state index in [4.69, 9.17) is 23.7 Å². The van der Waals surface area contributed by atoms with Crippen LogP contribution in [0.15, 0.2) is 66.7 Å². The Labute approximate surface area is 205 Å². The van der Waals surface area contributed by atoms with Crippen LogP contribution in [-0.4, -0.2) is 38.5 Å². The molecule has 3 aromatic carbocycles. The molecular formula is C27H23F3O6. The number of hydrogen-bond acceptors (Lipinski definition) is 6. The summed E-state index contributed by atoms with van der Waals surface area (Å²) in [5, 5.41) is 0. The van der Waals surface area contributed by atoms with Gasteiger partial charge in [-0.05, 0) is 66.6 Å². The smallest absolute Gasteiger partial charge is 0.338 e. The molecule has 0 bridgehead atoms. The van der Waals surface area contributed by atoms with E-state index in [1.54, 1.807) is 24.3 Å². The topological polar surface area (TPSA) is 66.5 Å². The van der Waals surface area contributed by atoms with Crippen molar-refractivity contribution < 1.29 is 41.7 Å². The molecule has 6 nitrogen and oxygen atoms in total. The van der Waals surface area contributed by atoms with Crippen molar-refractivity contribution in [2.45, 2.75) is 13.0 Å². The maximum absolute atomic E-state index is 14.6. The molecule has 0 spiro atoms. The number of carbonyl (C=O) groups excluding carboxylic acids is 1. The summed E-state index contributed by atoms with van der Waals surface area (Å²) in [6, 6.07) is 12.6. The largest absolute Gasteiger partial charge is 0.491 e. The Morgan fingerprint density at radius 2 is 1.47 bits per heavy atom. The summed E-state index contributed by atoms with van der Waals surface area (Å²) in [6.07, 6.45) is 0.160. The zero-order chi connectivity index (χ0) is 25.7. The normalized spacial score (nSPS) is 14.2. The zero-order valence-electron chi connectivity index (χ0n) is 19.4. The van der Waals surface area contributed by atoms with E-state index in [1.165, 1.54) is 19.1 Å². The van der Waals surface area contributed by atoms with Gasteiger partial charge in [-0.25, -0.2) is 18.0 Å². The van der Waals surface area contributed by atoms with E-state index in [0.29, 0.717) is 24.7 Å². The van der Waals surface area contributed by atoms with Crippen molar-refractivity contribution in [2.24, 2.45) is 0 Å². The summed E-state index contributed by atoms with van der Waals surface area (Å²) in [5.41, 5.74) is 0.374. The van der Waals surface area contributed by atoms with Gasteiger partial charge in [-0.2, -0.15) is 0 Å². The van der Waals surface area contributed by atoms with Crippen molar-refractivity contribution >= 4 is 5.97 Å². The minimum absolute atomic E-state index is 0.0479. The van der Waals surface area contributed by atoms with Crippen LogP contribution in [0.2, 0.25) is 0 Å². The molecule has 0 radical (unpaired) electrons. The van der Waals surface area contributed by atoms with Crippen LogP contribution in [0.3, 0.4) is 0 Å². The monoisotopic (exact) mass is 500 g/mol. The average molecular weight is 500 g/mol. The molecule has 1 unspecified atom stereocenters. The fraction of sp³-hybridized carbons (Fsp3) is 0.222. The van der Waals surface area contributed by atoms with Crippen molar-refractivity contribution in [1.29, 1.82) is 0 Å². The van der Waals surface area contributed by atoms with Crippen LogP contribution in [0.1, 0.15) is 6.92 Å². The van der Waals surface area contributed by atoms with Crippen LogP contribution in [-0.2, 0) is 9.53 Å². The van der Waals surface area contributed by atoms with Gasteiger partial charge in [-0.1, -0.05) is 12.6 Å². The second-order valence-corrected chi connectivity index (χ2v) is 8.02. The first-order valence-electron chi connectivity index (χ1n) is 11.1. The van der Waals surface area contributed by atoms with Gasteiger partial charge < -0.3 is 23.7 Å². The Kier molecular flexibility index (Phi) is 7.80. The van der Waals surface area contributed by atoms with Crippen LogP contribution in [0.5, 0.6) is 23.0 Å². The van der Waals surface area contributed by atoms with E-state index in [0.717, 1.165) is 18.2 Å². The van der Waals surface area contributed by atoms with E-state index in [2.05, 4.69) is 6.58 Å². The highest BCUT2D eigenvalue weighted by atomic mass is 19.1. The van der Waals surface area contributed by atoms with Gasteiger partial charge in [0.2, 0.25) is 0 Å². The Hall–Kier alpha value is -3.98. The van der Waals surface area contributed by atoms with Crippen molar-refractivity contribution in [2.75, 3.05) is 26.4 Å². The predicted octanol–water partition coefficient (Wildman–Crippen LogP) is 5.49. The van der Waals surface area contributed by atoms with Gasteiger partial charge in [0.15, 0.2) is 29.0 Å². The van der Waals surface area contributed by atoms with Gasteiger partial charge in [-0.15, -0.1) is 0 Å². The molecule has 1 aliphatic rings. The van der Waals surface area contributed by atoms with Crippen molar-refractivity contribution in [1.82, 2.24) is 0 Å². The minimum Gasteiger partial charge on any atom is -0.491 e. The molecule has 1 aliphatic heterocycles. The number of epoxide rings is 1. The second kappa shape index (κ2) is 11.2. The van der Waals surface area contributed by atoms with E-state index in [9.17, 15) is 18.0 Å². The molecule has 36 heavy (non-hydrogen) atoms. The van der Waals surface area contributed by atoms with Crippen LogP contribution in [0.4, 0.5) is 13.2 Å². The lowest BCUT2D eigenvalue weighted by Gasteiger charge is -2.12. The number of benzene rings is 3. The van der Waals surface area contributed by atoms with Crippen molar-refractivity contribution in [3.05, 3.63) is 84.2 Å². The average Bonchev–Trinajstić information content (AvgIpc) is 3.68. The van der Waals surface area contributed by atoms with Crippen LogP contribution in [0, 0.1) is 17.5 Å². The first-order chi connectivity index (χ1) is 17.3. The molecule has 0 aromatic heterocycles. The number of esters is 1. The predicted molar refractivity (Wildman–Crippen MR) is 125 cm³/mol. The highest BCUT2D eigenvalue weighted by Crippen LogP contribution is 2.31. The molecule has 0 aliphatic carbocycles. The fourth-order valence-electron chi connectivity index (χ4n) is 3.10. The van der Waals surface area contributed by atoms with Gasteiger partial charge in [0.05, 0.1) is 6.61 Å². The zero-order valence-corrected chi connectivity index (χ0v) is 19.4. The highest BCUT2D eigenvalue weighted by molar-refractivity contribution is 5.88. The lowest BCUT2D eigenvalue weighted by Crippen LogP contribution is -2.11. The standard InChI is InChI=1S/C27H23F3O6/c1-16(2)27(31)36-25-8-3-17(11-22(25)28)18-12-23(29)26(24(30)13-18)33-10-9-32-19-4-6-20(7-5-19)34-14-21-15-35-21/h3-8,11-13,21H,1,9-10,14-15H2,2H3. The first-order valence-corrected chi connectivity index (χ1v) is 11.1. The molecular weight excluding hydrogens is 477 g/mol. The quantitative estimate of drug-likeness (QED) is 0.114. The number of carbonyl (C=O) groups is 1. The summed E-state index contributed by atoms with van der Waals surface area (Å²) < 4.78 is 69.7. The number of rotatable bonds is 11. The number of hydrogen-bond donors (Lipinski definition) is 0. The third kappa shape index (κ3) is 6.57. The highest BCUT2D eigenvalue weighted by Gasteiger charge is 2.23. The Bertz CT molecular complexity index is 1230. The summed E-state index contributed by atoms with van der Waals surface area (Å²) in [4.78, 5) is 11.6. The van der Waals surface area contributed by atoms with Crippen LogP contribution < -0.4 is 18.9 Å². The van der Waals surface area contributed by atoms with E-state index in [-0.39, 0.29) is 41.8 Å². The molecule has 0 saturated carbocycles. The van der Waals surface area contributed by atoms with Gasteiger partial charge in [0, 0.05) is 5.57 Å². The number of ether oxygens (including phenoxy) is 5. The number of halogens is 3. The van der Waals surface area contributed by atoms with E-state index >= 15 is 0 Å². The van der Waals surface area contributed by atoms with Gasteiger partial charge >= 0.3 is 5.97 Å². The molecule has 0 N–H and O–H groups in total. The first kappa shape index (κ1) is 25.1. The lowest BCUT2D eigenvalue weighted by molar-refractivity contribution is -0.130. The Balaban J connectivity index is 1.32. The maximum Gasteiger partial charge on any atom is 0.338 e. The second-order valence-electron chi connectivity index (χ2n) is 8.02. The Morgan fingerprint density at radius 3 is 2.06 bits per heavy atom. The molecule has 188 valence electrons. The van der Waals surface area contributed by atoms with Gasteiger partial charge in [0.1, 0.15) is 37.4 Å². The van der Waals surface area contributed by atoms with Crippen LogP contribution >= 0.6 is 0 Å². The molecule has 1 saturated heterocycles. The Morgan fingerprint density at radius 1 is 0.889 bits per heavy atom. The minimum atomic E-state index is -0.954. The molecule has 0 amide bonds. The van der Waals surface area contributed by atoms with Crippen molar-refractivity contribution in [3.63, 3.8) is 0 Å². The molecule has 9 heteroatoms. The van der Waals surface area contributed by atoms with Gasteiger partial charge in [0.25, 0.3) is 0 Å². The summed E-state index contributed by atoms with van der Waals surface area (Å²) in [5.74, 6) is -3.21. The molecule has 1 fully saturated rings. The van der Waals surface area contributed by atoms with E-state index < -0.39 is 29.2 Å². The third-order valence-electron chi connectivity index (χ3n) is 5.08. The molecule has 1 heterocycles. The molecule has 1 atom stereocenters. The molecule has 3 aromatic rings. The SMILES string of the molecule is C=C(C)C(=O)Oc1ccc(-c2cc(F)c(OCCOc3ccc(OCC4CO4)cc3)c(F)c2)cc1F.